The van der Waals surface area contributed by atoms with Crippen LogP contribution in [0.3, 0.4) is 0 Å². The minimum absolute atomic E-state index is 0.0665. The van der Waals surface area contributed by atoms with Crippen LogP contribution in [-0.2, 0) is 18.9 Å². The van der Waals surface area contributed by atoms with Gasteiger partial charge in [-0.25, -0.2) is 0 Å². The lowest BCUT2D eigenvalue weighted by molar-refractivity contribution is -0.137. The average Bonchev–Trinajstić information content (AvgIpc) is 3.69. The number of carbonyl (C=O) groups excluding carboxylic acids is 1. The molecule has 3 aromatic carbocycles. The normalized spacial score (nSPS) is 16.7. The molecule has 10 heteroatoms. The van der Waals surface area contributed by atoms with Crippen LogP contribution in [0.1, 0.15) is 105 Å². The average molecular weight is 693 g/mol. The molecule has 2 unspecified atom stereocenters. The zero-order valence-electron chi connectivity index (χ0n) is 30.2. The van der Waals surface area contributed by atoms with Gasteiger partial charge in [-0.3, -0.25) is 19.0 Å². The highest BCUT2D eigenvalue weighted by Crippen LogP contribution is 2.39. The number of aliphatic carboxylic acids is 1. The first-order chi connectivity index (χ1) is 24.7. The van der Waals surface area contributed by atoms with Crippen molar-refractivity contribution < 1.29 is 19.8 Å². The van der Waals surface area contributed by atoms with Gasteiger partial charge in [0.2, 0.25) is 0 Å². The number of carboxylic acids is 1. The van der Waals surface area contributed by atoms with Gasteiger partial charge < -0.3 is 20.4 Å². The Kier molecular flexibility index (Phi) is 11.7. The lowest BCUT2D eigenvalue weighted by atomic mass is 9.82. The van der Waals surface area contributed by atoms with Gasteiger partial charge in [0, 0.05) is 49.7 Å². The van der Waals surface area contributed by atoms with Crippen molar-refractivity contribution >= 4 is 39.4 Å². The molecule has 2 aliphatic rings. The first-order valence-electron chi connectivity index (χ1n) is 18.6. The van der Waals surface area contributed by atoms with Gasteiger partial charge in [-0.15, -0.1) is 0 Å². The Morgan fingerprint density at radius 3 is 1.84 bits per heavy atom. The molecule has 0 radical (unpaired) electrons. The predicted molar refractivity (Wildman–Crippen MR) is 202 cm³/mol. The summed E-state index contributed by atoms with van der Waals surface area (Å²) in [5.41, 5.74) is 5.66. The number of rotatable bonds is 10. The Morgan fingerprint density at radius 2 is 1.27 bits per heavy atom. The van der Waals surface area contributed by atoms with Gasteiger partial charge in [0.05, 0.1) is 34.9 Å². The van der Waals surface area contributed by atoms with Gasteiger partial charge in [-0.1, -0.05) is 74.9 Å². The summed E-state index contributed by atoms with van der Waals surface area (Å²) in [6, 6.07) is 24.0. The fraction of sp³-hybridized carbons (Fsp3) is 0.463. The fourth-order valence-electron chi connectivity index (χ4n) is 7.96. The number of aliphatic hydroxyl groups is 1. The molecule has 0 saturated heterocycles. The Balaban J connectivity index is 0.000000208. The maximum Gasteiger partial charge on any atom is 0.305 e. The van der Waals surface area contributed by atoms with Gasteiger partial charge in [0.1, 0.15) is 6.10 Å². The van der Waals surface area contributed by atoms with E-state index in [1.165, 1.54) is 61.7 Å². The Morgan fingerprint density at radius 1 is 0.765 bits per heavy atom. The maximum absolute atomic E-state index is 12.6. The lowest BCUT2D eigenvalue weighted by Gasteiger charge is -2.31. The smallest absolute Gasteiger partial charge is 0.305 e. The summed E-state index contributed by atoms with van der Waals surface area (Å²) in [5.74, 6) is -0.204. The first kappa shape index (κ1) is 36.1. The second-order valence-electron chi connectivity index (χ2n) is 14.4. The maximum atomic E-state index is 12.6. The van der Waals surface area contributed by atoms with Crippen LogP contribution in [0.15, 0.2) is 72.8 Å². The second-order valence-corrected chi connectivity index (χ2v) is 14.4. The van der Waals surface area contributed by atoms with Gasteiger partial charge in [-0.05, 0) is 73.9 Å². The van der Waals surface area contributed by atoms with Gasteiger partial charge in [0.25, 0.3) is 5.91 Å². The summed E-state index contributed by atoms with van der Waals surface area (Å²) in [5, 5.41) is 34.9. The topological polar surface area (TPSA) is 126 Å². The summed E-state index contributed by atoms with van der Waals surface area (Å²) in [6.45, 7) is 0.185. The van der Waals surface area contributed by atoms with E-state index in [1.54, 1.807) is 19.2 Å². The van der Waals surface area contributed by atoms with Crippen LogP contribution < -0.4 is 5.32 Å². The lowest BCUT2D eigenvalue weighted by Crippen LogP contribution is -2.29. The number of para-hydroxylation sites is 2. The molecule has 51 heavy (non-hydrogen) atoms. The van der Waals surface area contributed by atoms with Crippen molar-refractivity contribution in [3.63, 3.8) is 0 Å². The number of benzene rings is 3. The zero-order chi connectivity index (χ0) is 35.9. The Labute approximate surface area is 300 Å². The molecule has 2 aromatic heterocycles. The van der Waals surface area contributed by atoms with Crippen LogP contribution in [0, 0.1) is 11.8 Å². The van der Waals surface area contributed by atoms with E-state index < -0.39 is 12.1 Å². The second kappa shape index (κ2) is 16.5. The van der Waals surface area contributed by atoms with Crippen LogP contribution in [-0.4, -0.2) is 60.1 Å². The van der Waals surface area contributed by atoms with Crippen LogP contribution in [0.4, 0.5) is 5.69 Å². The van der Waals surface area contributed by atoms with Crippen molar-refractivity contribution in [2.45, 2.75) is 82.8 Å². The van der Waals surface area contributed by atoms with Crippen molar-refractivity contribution in [1.82, 2.24) is 24.5 Å². The highest BCUT2D eigenvalue weighted by molar-refractivity contribution is 5.94. The molecule has 0 spiro atoms. The zero-order valence-corrected chi connectivity index (χ0v) is 30.2. The molecule has 2 heterocycles. The van der Waals surface area contributed by atoms with E-state index in [2.05, 4.69) is 40.7 Å². The number of amides is 1. The number of aryl methyl sites for hydroxylation is 2. The van der Waals surface area contributed by atoms with Crippen molar-refractivity contribution in [3.05, 3.63) is 89.7 Å². The number of hydrogen-bond donors (Lipinski definition) is 3. The van der Waals surface area contributed by atoms with Gasteiger partial charge in [0.15, 0.2) is 0 Å². The first-order valence-corrected chi connectivity index (χ1v) is 18.6. The predicted octanol–water partition coefficient (Wildman–Crippen LogP) is 8.04. The number of carbonyl (C=O) groups is 2. The molecule has 7 rings (SSSR count). The van der Waals surface area contributed by atoms with E-state index in [0.717, 1.165) is 46.3 Å². The van der Waals surface area contributed by atoms with Crippen LogP contribution in [0.5, 0.6) is 0 Å². The molecular weight excluding hydrogens is 640 g/mol. The summed E-state index contributed by atoms with van der Waals surface area (Å²) >= 11 is 0. The van der Waals surface area contributed by atoms with E-state index in [-0.39, 0.29) is 24.9 Å². The molecule has 2 fully saturated rings. The van der Waals surface area contributed by atoms with Crippen molar-refractivity contribution in [1.29, 1.82) is 0 Å². The van der Waals surface area contributed by atoms with Gasteiger partial charge in [-0.2, -0.15) is 10.2 Å². The van der Waals surface area contributed by atoms with E-state index in [9.17, 15) is 14.7 Å². The van der Waals surface area contributed by atoms with Crippen LogP contribution in [0.25, 0.3) is 21.8 Å². The van der Waals surface area contributed by atoms with E-state index >= 15 is 0 Å². The number of aliphatic hydroxyl groups excluding tert-OH is 1. The number of carboxylic acid groups (broad SMARTS) is 1. The monoisotopic (exact) mass is 692 g/mol. The Hall–Kier alpha value is -4.70. The third-order valence-corrected chi connectivity index (χ3v) is 10.8. The minimum atomic E-state index is -0.912. The minimum Gasteiger partial charge on any atom is -0.481 e. The number of nitrogens with one attached hydrogen (secondary N) is 1. The largest absolute Gasteiger partial charge is 0.481 e. The fourth-order valence-corrected chi connectivity index (χ4v) is 7.96. The molecule has 2 aliphatic carbocycles. The summed E-state index contributed by atoms with van der Waals surface area (Å²) in [6.07, 6.45) is 11.7. The molecule has 0 aliphatic heterocycles. The van der Waals surface area contributed by atoms with E-state index in [4.69, 9.17) is 10.2 Å². The van der Waals surface area contributed by atoms with Crippen molar-refractivity contribution in [2.24, 2.45) is 25.9 Å². The van der Waals surface area contributed by atoms with E-state index in [1.807, 2.05) is 53.8 Å². The molecule has 1 amide bonds. The molecule has 0 bridgehead atoms. The number of hydrogen-bond acceptors (Lipinski definition) is 6. The molecule has 5 aromatic rings. The molecule has 2 saturated carbocycles. The number of fused-ring (bicyclic) bond motifs is 2. The van der Waals surface area contributed by atoms with Crippen LogP contribution in [0.2, 0.25) is 0 Å². The Bertz CT molecular complexity index is 1920. The molecule has 2 atom stereocenters. The molecule has 270 valence electrons. The van der Waals surface area contributed by atoms with Crippen molar-refractivity contribution in [3.8, 4) is 0 Å². The van der Waals surface area contributed by atoms with Crippen LogP contribution >= 0.6 is 0 Å². The molecular formula is C41H52N6O4. The SMILES string of the molecule is CN(CCC(=O)O)C(=O)c1ccc(NC(c2nn(C)c3ccccc23)C2CCCCC2)cc1.Cn1nc(C(O)C2CCCCC2)c2ccccc21. The van der Waals surface area contributed by atoms with Crippen molar-refractivity contribution in [2.75, 3.05) is 18.9 Å². The quantitative estimate of drug-likeness (QED) is 0.135. The standard InChI is InChI=1S/C26H32N4O3.C15H20N2O/c1-29(17-16-23(31)32)26(33)19-12-14-20(15-13-19)27-24(18-8-4-3-5-9-18)25-21-10-6-7-11-22(21)30(2)28-25;1-17-13-10-6-5-9-12(13)14(16-17)15(18)11-7-3-2-4-8-11/h6-7,10-15,18,24,27H,3-5,8-9,16-17H2,1-2H3,(H,31,32);5-6,9-11,15,18H,2-4,7-8H2,1H3. The number of aromatic nitrogens is 4. The summed E-state index contributed by atoms with van der Waals surface area (Å²) < 4.78 is 3.83. The summed E-state index contributed by atoms with van der Waals surface area (Å²) in [7, 11) is 5.56. The molecule has 10 nitrogen and oxygen atoms in total. The highest BCUT2D eigenvalue weighted by atomic mass is 16.4. The van der Waals surface area contributed by atoms with E-state index in [0.29, 0.717) is 17.4 Å². The highest BCUT2D eigenvalue weighted by Gasteiger charge is 2.29. The summed E-state index contributed by atoms with van der Waals surface area (Å²) in [4.78, 5) is 24.8. The number of nitrogens with zero attached hydrogens (tertiary/aromatic N) is 5. The third-order valence-electron chi connectivity index (χ3n) is 10.8. The molecule has 3 N–H and O–H groups in total. The van der Waals surface area contributed by atoms with Gasteiger partial charge >= 0.3 is 5.97 Å². The third kappa shape index (κ3) is 8.44. The number of anilines is 1.